The molecule has 3 saturated heterocycles. The second kappa shape index (κ2) is 9.81. The fourth-order valence-electron chi connectivity index (χ4n) is 5.80. The van der Waals surface area contributed by atoms with Crippen LogP contribution in [0.5, 0.6) is 0 Å². The molecule has 3 aliphatic rings. The number of esters is 1. The number of ketones is 1. The molecule has 5 heterocycles. The first-order chi connectivity index (χ1) is 17.6. The highest BCUT2D eigenvalue weighted by molar-refractivity contribution is 7.17. The monoisotopic (exact) mass is 517 g/mol. The summed E-state index contributed by atoms with van der Waals surface area (Å²) in [7, 11) is 0. The summed E-state index contributed by atoms with van der Waals surface area (Å²) in [5, 5.41) is 10.5. The molecule has 1 unspecified atom stereocenters. The van der Waals surface area contributed by atoms with E-state index in [1.807, 2.05) is 59.3 Å². The van der Waals surface area contributed by atoms with Gasteiger partial charge in [-0.2, -0.15) is 11.3 Å². The third kappa shape index (κ3) is 4.59. The third-order valence-corrected chi connectivity index (χ3v) is 9.44. The summed E-state index contributed by atoms with van der Waals surface area (Å²) in [5.41, 5.74) is 2.63. The molecule has 5 nitrogen and oxygen atoms in total. The first-order valence-corrected chi connectivity index (χ1v) is 14.3. The van der Waals surface area contributed by atoms with Crippen LogP contribution >= 0.6 is 22.7 Å². The number of hydrogen-bond donors (Lipinski definition) is 1. The smallest absolute Gasteiger partial charge is 0.333 e. The van der Waals surface area contributed by atoms with Gasteiger partial charge in [0.15, 0.2) is 12.1 Å². The summed E-state index contributed by atoms with van der Waals surface area (Å²) in [6.45, 7) is 3.16. The van der Waals surface area contributed by atoms with Crippen LogP contribution in [0.15, 0.2) is 76.8 Å². The van der Waals surface area contributed by atoms with E-state index in [-0.39, 0.29) is 17.9 Å². The summed E-state index contributed by atoms with van der Waals surface area (Å²) < 4.78 is 8.18. The second-order valence-electron chi connectivity index (χ2n) is 10.0. The molecule has 3 aliphatic heterocycles. The molecular weight excluding hydrogens is 488 g/mol. The molecule has 0 amide bonds. The van der Waals surface area contributed by atoms with Gasteiger partial charge in [0.1, 0.15) is 13.1 Å². The Bertz CT molecular complexity index is 1360. The van der Waals surface area contributed by atoms with Crippen molar-refractivity contribution in [3.63, 3.8) is 0 Å². The van der Waals surface area contributed by atoms with Crippen LogP contribution in [-0.4, -0.2) is 48.5 Å². The van der Waals surface area contributed by atoms with Gasteiger partial charge in [-0.15, -0.1) is 11.3 Å². The van der Waals surface area contributed by atoms with E-state index in [0.29, 0.717) is 19.0 Å². The molecule has 0 saturated carbocycles. The number of carbonyl (C=O) groups is 2. The number of hydrogen-bond acceptors (Lipinski definition) is 6. The lowest BCUT2D eigenvalue weighted by Gasteiger charge is -2.51. The average Bonchev–Trinajstić information content (AvgIpc) is 3.59. The van der Waals surface area contributed by atoms with Gasteiger partial charge in [0.25, 0.3) is 0 Å². The lowest BCUT2D eigenvalue weighted by atomic mass is 9.82. The molecule has 7 heteroatoms. The lowest BCUT2D eigenvalue weighted by molar-refractivity contribution is -0.938. The van der Waals surface area contributed by atoms with Crippen molar-refractivity contribution in [3.8, 4) is 0 Å². The zero-order valence-electron chi connectivity index (χ0n) is 20.0. The van der Waals surface area contributed by atoms with Gasteiger partial charge in [-0.1, -0.05) is 36.4 Å². The number of thiophene rings is 2. The minimum atomic E-state index is -0.597. The van der Waals surface area contributed by atoms with Crippen LogP contribution in [0.25, 0.3) is 10.1 Å². The van der Waals surface area contributed by atoms with Gasteiger partial charge >= 0.3 is 5.97 Å². The minimum Gasteiger partial charge on any atom is -0.454 e. The van der Waals surface area contributed by atoms with E-state index >= 15 is 0 Å². The van der Waals surface area contributed by atoms with Crippen molar-refractivity contribution in [2.75, 3.05) is 31.5 Å². The molecule has 0 spiro atoms. The highest BCUT2D eigenvalue weighted by Gasteiger charge is 2.49. The Morgan fingerprint density at radius 2 is 1.78 bits per heavy atom. The molecule has 0 radical (unpaired) electrons. The van der Waals surface area contributed by atoms with Crippen molar-refractivity contribution in [1.82, 2.24) is 0 Å². The van der Waals surface area contributed by atoms with Crippen LogP contribution in [0.3, 0.4) is 0 Å². The van der Waals surface area contributed by atoms with Gasteiger partial charge in [-0.25, -0.2) is 4.79 Å². The van der Waals surface area contributed by atoms with Gasteiger partial charge < -0.3 is 14.5 Å². The number of nitrogens with one attached hydrogen (secondary N) is 1. The molecule has 0 aliphatic carbocycles. The molecule has 3 fully saturated rings. The lowest BCUT2D eigenvalue weighted by Crippen LogP contribution is -2.65. The van der Waals surface area contributed by atoms with Crippen molar-refractivity contribution < 1.29 is 18.8 Å². The topological polar surface area (TPSA) is 55.4 Å². The van der Waals surface area contributed by atoms with Crippen molar-refractivity contribution in [3.05, 3.63) is 87.9 Å². The first kappa shape index (κ1) is 23.4. The summed E-state index contributed by atoms with van der Waals surface area (Å²) in [5.74, 6) is 0.306. The molecule has 1 N–H and O–H groups in total. The maximum atomic E-state index is 13.8. The van der Waals surface area contributed by atoms with Gasteiger partial charge in [0, 0.05) is 45.7 Å². The minimum absolute atomic E-state index is 0.166. The molecule has 2 aromatic heterocycles. The molecule has 36 heavy (non-hydrogen) atoms. The number of nitrogens with zero attached hydrogens (tertiary/aromatic N) is 1. The van der Waals surface area contributed by atoms with Crippen molar-refractivity contribution in [2.45, 2.75) is 25.0 Å². The Morgan fingerprint density at radius 1 is 1.00 bits per heavy atom. The van der Waals surface area contributed by atoms with E-state index in [9.17, 15) is 9.59 Å². The molecule has 2 bridgehead atoms. The third-order valence-electron chi connectivity index (χ3n) is 7.77. The maximum absolute atomic E-state index is 13.8. The van der Waals surface area contributed by atoms with Crippen molar-refractivity contribution in [2.24, 2.45) is 5.92 Å². The summed E-state index contributed by atoms with van der Waals surface area (Å²) >= 11 is 3.20. The Balaban J connectivity index is 1.24. The number of para-hydroxylation sites is 1. The van der Waals surface area contributed by atoms with Gasteiger partial charge in [-0.3, -0.25) is 4.79 Å². The van der Waals surface area contributed by atoms with Crippen LogP contribution in [0, 0.1) is 5.92 Å². The largest absolute Gasteiger partial charge is 0.454 e. The van der Waals surface area contributed by atoms with Crippen molar-refractivity contribution in [1.29, 1.82) is 0 Å². The molecular formula is C29H29N2O3S2+. The van der Waals surface area contributed by atoms with E-state index in [4.69, 9.17) is 4.74 Å². The predicted molar refractivity (Wildman–Crippen MR) is 146 cm³/mol. The standard InChI is InChI=1S/C29H29N2O3S2/c32-25(21-12-15-35-18-21)16-31-13-10-20(11-14-31)26(17-31)34-29(33)28(30-22-6-2-1-3-7-22)24-19-36-27-9-5-4-8-23(24)27/h1-9,12,15,18-20,26,28,30H,10-11,13-14,16-17H2/q+1/t20?,26-,28?,31?/m0/s1. The maximum Gasteiger partial charge on any atom is 0.333 e. The highest BCUT2D eigenvalue weighted by Crippen LogP contribution is 2.38. The zero-order chi connectivity index (χ0) is 24.5. The molecule has 4 aromatic rings. The normalized spacial score (nSPS) is 23.9. The van der Waals surface area contributed by atoms with E-state index in [1.165, 1.54) is 0 Å². The fourth-order valence-corrected chi connectivity index (χ4v) is 7.45. The summed E-state index contributed by atoms with van der Waals surface area (Å²) in [4.78, 5) is 26.7. The predicted octanol–water partition coefficient (Wildman–Crippen LogP) is 6.15. The van der Waals surface area contributed by atoms with E-state index < -0.39 is 6.04 Å². The summed E-state index contributed by atoms with van der Waals surface area (Å²) in [6.07, 6.45) is 1.82. The number of benzene rings is 2. The number of fused-ring (bicyclic) bond motifs is 4. The number of carbonyl (C=O) groups excluding carboxylic acids is 2. The van der Waals surface area contributed by atoms with Gasteiger partial charge in [0.2, 0.25) is 5.78 Å². The Morgan fingerprint density at radius 3 is 2.56 bits per heavy atom. The number of quaternary nitrogens is 1. The summed E-state index contributed by atoms with van der Waals surface area (Å²) in [6, 6.07) is 19.3. The fraction of sp³-hybridized carbons (Fsp3) is 0.310. The number of piperidine rings is 3. The van der Waals surface area contributed by atoms with Crippen LogP contribution in [0.1, 0.15) is 34.8 Å². The first-order valence-electron chi connectivity index (χ1n) is 12.5. The molecule has 2 atom stereocenters. The van der Waals surface area contributed by atoms with E-state index in [0.717, 1.165) is 57.3 Å². The van der Waals surface area contributed by atoms with Crippen LogP contribution in [0.2, 0.25) is 0 Å². The zero-order valence-corrected chi connectivity index (χ0v) is 21.6. The highest BCUT2D eigenvalue weighted by atomic mass is 32.1. The Kier molecular flexibility index (Phi) is 6.37. The Hall–Kier alpha value is -3.00. The quantitative estimate of drug-likeness (QED) is 0.173. The van der Waals surface area contributed by atoms with Gasteiger partial charge in [0.05, 0.1) is 13.1 Å². The number of ether oxygens (including phenoxy) is 1. The molecule has 7 rings (SSSR count). The van der Waals surface area contributed by atoms with E-state index in [2.05, 4.69) is 22.8 Å². The van der Waals surface area contributed by atoms with E-state index in [1.54, 1.807) is 22.7 Å². The van der Waals surface area contributed by atoms with Crippen LogP contribution < -0.4 is 5.32 Å². The van der Waals surface area contributed by atoms with Gasteiger partial charge in [-0.05, 0) is 40.4 Å². The Labute approximate surface area is 218 Å². The van der Waals surface area contributed by atoms with Crippen LogP contribution in [0.4, 0.5) is 5.69 Å². The molecule has 2 aromatic carbocycles. The SMILES string of the molecule is O=C(C[N+]12CCC(CC1)[C@@H](OC(=O)C(Nc1ccccc1)c1csc3ccccc13)C2)c1ccsc1. The molecule has 184 valence electrons. The number of anilines is 1. The van der Waals surface area contributed by atoms with Crippen molar-refractivity contribution >= 4 is 50.2 Å². The number of rotatable bonds is 8. The second-order valence-corrected chi connectivity index (χ2v) is 11.7. The number of Topliss-reactive ketones (excluding diaryl/α,β-unsaturated/α-hetero) is 1. The van der Waals surface area contributed by atoms with Crippen LogP contribution in [-0.2, 0) is 9.53 Å². The average molecular weight is 518 g/mol.